The van der Waals surface area contributed by atoms with E-state index in [1.807, 2.05) is 0 Å². The van der Waals surface area contributed by atoms with Crippen molar-refractivity contribution in [2.24, 2.45) is 0 Å². The lowest BCUT2D eigenvalue weighted by Gasteiger charge is -2.20. The van der Waals surface area contributed by atoms with E-state index in [0.29, 0.717) is 0 Å². The molecule has 0 aliphatic heterocycles. The summed E-state index contributed by atoms with van der Waals surface area (Å²) in [6.45, 7) is 0. The van der Waals surface area contributed by atoms with Gasteiger partial charge >= 0.3 is 9.28 Å². The van der Waals surface area contributed by atoms with Crippen LogP contribution in [0.3, 0.4) is 0 Å². The largest absolute Gasteiger partial charge is 0.400 e. The smallest absolute Gasteiger partial charge is 0.324 e. The highest BCUT2D eigenvalue weighted by atomic mass is 28.3. The molecule has 1 aliphatic carbocycles. The van der Waals surface area contributed by atoms with Gasteiger partial charge in [-0.1, -0.05) is 25.7 Å². The van der Waals surface area contributed by atoms with Crippen LogP contribution in [-0.2, 0) is 8.85 Å². The third-order valence-corrected chi connectivity index (χ3v) is 5.12. The molecule has 0 bridgehead atoms. The molecule has 0 unspecified atom stereocenters. The summed E-state index contributed by atoms with van der Waals surface area (Å²) in [4.78, 5) is 0. The van der Waals surface area contributed by atoms with Gasteiger partial charge in [-0.2, -0.15) is 0 Å². The minimum Gasteiger partial charge on any atom is -0.400 e. The molecule has 1 aliphatic rings. The fraction of sp³-hybridized carbons (Fsp3) is 1.00. The molecule has 0 amide bonds. The summed E-state index contributed by atoms with van der Waals surface area (Å²) in [6.07, 6.45) is 8.23. The Hall–Kier alpha value is 0.137. The highest BCUT2D eigenvalue weighted by molar-refractivity contribution is 6.46. The SMILES string of the molecule is CO[SiH](OC)C1CCCCCC1. The molecule has 0 saturated heterocycles. The van der Waals surface area contributed by atoms with Crippen LogP contribution in [0, 0.1) is 0 Å². The molecule has 1 fully saturated rings. The van der Waals surface area contributed by atoms with Crippen LogP contribution in [0.15, 0.2) is 0 Å². The molecule has 3 heteroatoms. The zero-order valence-corrected chi connectivity index (χ0v) is 9.37. The first kappa shape index (κ1) is 10.2. The lowest BCUT2D eigenvalue weighted by Crippen LogP contribution is -2.25. The van der Waals surface area contributed by atoms with Crippen molar-refractivity contribution in [3.8, 4) is 0 Å². The summed E-state index contributed by atoms with van der Waals surface area (Å²) in [5.41, 5.74) is 0.766. The van der Waals surface area contributed by atoms with Gasteiger partial charge in [0.25, 0.3) is 0 Å². The van der Waals surface area contributed by atoms with Gasteiger partial charge in [-0.05, 0) is 18.4 Å². The average molecular weight is 188 g/mol. The molecule has 0 radical (unpaired) electrons. The Morgan fingerprint density at radius 3 is 1.83 bits per heavy atom. The second kappa shape index (κ2) is 5.73. The van der Waals surface area contributed by atoms with Gasteiger partial charge in [0.1, 0.15) is 0 Å². The van der Waals surface area contributed by atoms with Crippen molar-refractivity contribution in [3.63, 3.8) is 0 Å². The van der Waals surface area contributed by atoms with E-state index in [1.54, 1.807) is 14.2 Å². The van der Waals surface area contributed by atoms with E-state index >= 15 is 0 Å². The molecule has 0 aromatic carbocycles. The van der Waals surface area contributed by atoms with Gasteiger partial charge in [0.05, 0.1) is 0 Å². The van der Waals surface area contributed by atoms with Crippen molar-refractivity contribution in [1.82, 2.24) is 0 Å². The Kier molecular flexibility index (Phi) is 4.88. The first-order valence-corrected chi connectivity index (χ1v) is 6.55. The maximum atomic E-state index is 5.41. The predicted molar refractivity (Wildman–Crippen MR) is 52.6 cm³/mol. The lowest BCUT2D eigenvalue weighted by molar-refractivity contribution is 0.260. The Balaban J connectivity index is 2.35. The minimum atomic E-state index is -1.30. The van der Waals surface area contributed by atoms with E-state index < -0.39 is 9.28 Å². The Morgan fingerprint density at radius 2 is 1.42 bits per heavy atom. The van der Waals surface area contributed by atoms with E-state index in [-0.39, 0.29) is 0 Å². The molecule has 1 rings (SSSR count). The van der Waals surface area contributed by atoms with Crippen LogP contribution in [0.4, 0.5) is 0 Å². The lowest BCUT2D eigenvalue weighted by atomic mass is 10.2. The topological polar surface area (TPSA) is 18.5 Å². The van der Waals surface area contributed by atoms with Gasteiger partial charge < -0.3 is 8.85 Å². The minimum absolute atomic E-state index is 0.766. The van der Waals surface area contributed by atoms with E-state index in [1.165, 1.54) is 38.5 Å². The maximum Gasteiger partial charge on any atom is 0.324 e. The second-order valence-electron chi connectivity index (χ2n) is 3.59. The quantitative estimate of drug-likeness (QED) is 0.499. The standard InChI is InChI=1S/C9H20O2Si/c1-10-12(11-2)9-7-5-3-4-6-8-9/h9,12H,3-8H2,1-2H3. The van der Waals surface area contributed by atoms with Crippen molar-refractivity contribution in [2.45, 2.75) is 44.1 Å². The van der Waals surface area contributed by atoms with Gasteiger partial charge in [-0.3, -0.25) is 0 Å². The zero-order chi connectivity index (χ0) is 8.81. The van der Waals surface area contributed by atoms with Crippen LogP contribution in [0.5, 0.6) is 0 Å². The summed E-state index contributed by atoms with van der Waals surface area (Å²) in [7, 11) is 2.29. The van der Waals surface area contributed by atoms with Crippen molar-refractivity contribution in [2.75, 3.05) is 14.2 Å². The predicted octanol–water partition coefficient (Wildman–Crippen LogP) is 2.22. The molecular weight excluding hydrogens is 168 g/mol. The molecule has 0 heterocycles. The van der Waals surface area contributed by atoms with E-state index in [0.717, 1.165) is 5.54 Å². The Bertz CT molecular complexity index is 107. The molecule has 0 aromatic rings. The van der Waals surface area contributed by atoms with Gasteiger partial charge in [0.2, 0.25) is 0 Å². The monoisotopic (exact) mass is 188 g/mol. The molecule has 2 nitrogen and oxygen atoms in total. The molecule has 0 aromatic heterocycles. The summed E-state index contributed by atoms with van der Waals surface area (Å²) in [5.74, 6) is 0. The summed E-state index contributed by atoms with van der Waals surface area (Å²) in [5, 5.41) is 0. The number of hydrogen-bond acceptors (Lipinski definition) is 2. The molecular formula is C9H20O2Si. The highest BCUT2D eigenvalue weighted by Crippen LogP contribution is 2.30. The van der Waals surface area contributed by atoms with Crippen LogP contribution in [-0.4, -0.2) is 23.5 Å². The highest BCUT2D eigenvalue weighted by Gasteiger charge is 2.24. The molecule has 12 heavy (non-hydrogen) atoms. The van der Waals surface area contributed by atoms with E-state index in [2.05, 4.69) is 0 Å². The third kappa shape index (κ3) is 2.88. The number of rotatable bonds is 3. The van der Waals surface area contributed by atoms with Crippen molar-refractivity contribution in [1.29, 1.82) is 0 Å². The summed E-state index contributed by atoms with van der Waals surface area (Å²) < 4.78 is 10.8. The van der Waals surface area contributed by atoms with Gasteiger partial charge in [-0.15, -0.1) is 0 Å². The van der Waals surface area contributed by atoms with E-state index in [4.69, 9.17) is 8.85 Å². The molecule has 72 valence electrons. The average Bonchev–Trinajstić information content (AvgIpc) is 2.35. The fourth-order valence-corrected chi connectivity index (χ4v) is 4.04. The molecule has 0 spiro atoms. The summed E-state index contributed by atoms with van der Waals surface area (Å²) >= 11 is 0. The Labute approximate surface area is 77.1 Å². The molecule has 0 atom stereocenters. The normalized spacial score (nSPS) is 21.2. The first-order chi connectivity index (χ1) is 5.88. The molecule has 1 saturated carbocycles. The Morgan fingerprint density at radius 1 is 0.917 bits per heavy atom. The molecule has 0 N–H and O–H groups in total. The van der Waals surface area contributed by atoms with Gasteiger partial charge in [-0.25, -0.2) is 0 Å². The zero-order valence-electron chi connectivity index (χ0n) is 8.21. The van der Waals surface area contributed by atoms with Crippen LogP contribution in [0.2, 0.25) is 5.54 Å². The van der Waals surface area contributed by atoms with Crippen molar-refractivity contribution in [3.05, 3.63) is 0 Å². The third-order valence-electron chi connectivity index (χ3n) is 2.75. The maximum absolute atomic E-state index is 5.41. The van der Waals surface area contributed by atoms with Gasteiger partial charge in [0.15, 0.2) is 0 Å². The van der Waals surface area contributed by atoms with Crippen LogP contribution >= 0.6 is 0 Å². The summed E-state index contributed by atoms with van der Waals surface area (Å²) in [6, 6.07) is 0. The second-order valence-corrected chi connectivity index (χ2v) is 6.21. The van der Waals surface area contributed by atoms with Crippen LogP contribution in [0.1, 0.15) is 38.5 Å². The fourth-order valence-electron chi connectivity index (χ4n) is 2.06. The van der Waals surface area contributed by atoms with Gasteiger partial charge in [0, 0.05) is 14.2 Å². The van der Waals surface area contributed by atoms with Crippen molar-refractivity contribution < 1.29 is 8.85 Å². The van der Waals surface area contributed by atoms with Crippen LogP contribution in [0.25, 0.3) is 0 Å². The van der Waals surface area contributed by atoms with Crippen molar-refractivity contribution >= 4 is 9.28 Å². The first-order valence-electron chi connectivity index (χ1n) is 4.94. The van der Waals surface area contributed by atoms with Crippen LogP contribution < -0.4 is 0 Å². The van der Waals surface area contributed by atoms with E-state index in [9.17, 15) is 0 Å². The number of hydrogen-bond donors (Lipinski definition) is 0.